The van der Waals surface area contributed by atoms with Gasteiger partial charge in [-0.05, 0) is 51.8 Å². The van der Waals surface area contributed by atoms with Gasteiger partial charge >= 0.3 is 5.97 Å². The molecule has 2 aromatic rings. The Kier molecular flexibility index (Phi) is 6.12. The number of nitrogens with one attached hydrogen (secondary N) is 1. The van der Waals surface area contributed by atoms with Crippen LogP contribution in [0.2, 0.25) is 5.02 Å². The number of carbonyl (C=O) groups is 2. The van der Waals surface area contributed by atoms with Gasteiger partial charge in [0.05, 0.1) is 5.56 Å². The molecule has 0 heterocycles. The molecule has 0 spiro atoms. The van der Waals surface area contributed by atoms with Crippen LogP contribution >= 0.6 is 27.5 Å². The van der Waals surface area contributed by atoms with Gasteiger partial charge in [0.25, 0.3) is 5.91 Å². The Morgan fingerprint density at radius 2 is 1.87 bits per heavy atom. The highest BCUT2D eigenvalue weighted by molar-refractivity contribution is 9.10. The van der Waals surface area contributed by atoms with E-state index in [0.717, 1.165) is 11.6 Å². The minimum absolute atomic E-state index is 0.0236. The van der Waals surface area contributed by atoms with Crippen LogP contribution < -0.4 is 5.32 Å². The first-order valence-electron chi connectivity index (χ1n) is 6.59. The molecule has 0 saturated carbocycles. The third-order valence-corrected chi connectivity index (χ3v) is 3.83. The minimum Gasteiger partial charge on any atom is -0.452 e. The van der Waals surface area contributed by atoms with Gasteiger partial charge in [0, 0.05) is 16.0 Å². The highest BCUT2D eigenvalue weighted by Gasteiger charge is 2.14. The number of hydrogen-bond acceptors (Lipinski definition) is 3. The maximum absolute atomic E-state index is 13.1. The lowest BCUT2D eigenvalue weighted by molar-refractivity contribution is -0.124. The van der Waals surface area contributed by atoms with E-state index < -0.39 is 24.3 Å². The van der Waals surface area contributed by atoms with Crippen molar-refractivity contribution in [2.45, 2.75) is 6.54 Å². The molecule has 1 N–H and O–H groups in total. The maximum atomic E-state index is 13.1. The Morgan fingerprint density at radius 1 is 1.17 bits per heavy atom. The smallest absolute Gasteiger partial charge is 0.339 e. The van der Waals surface area contributed by atoms with Gasteiger partial charge in [0.15, 0.2) is 6.61 Å². The van der Waals surface area contributed by atoms with E-state index >= 15 is 0 Å². The Labute approximate surface area is 145 Å². The Balaban J connectivity index is 1.83. The SMILES string of the molecule is O=C(COC(=O)c1cc(F)ccc1Br)NCc1ccc(Cl)cc1. The second kappa shape index (κ2) is 8.08. The van der Waals surface area contributed by atoms with Crippen molar-refractivity contribution in [1.82, 2.24) is 5.32 Å². The summed E-state index contributed by atoms with van der Waals surface area (Å²) in [6, 6.07) is 10.6. The van der Waals surface area contributed by atoms with E-state index in [1.165, 1.54) is 12.1 Å². The van der Waals surface area contributed by atoms with Crippen molar-refractivity contribution < 1.29 is 18.7 Å². The number of rotatable bonds is 5. The molecule has 2 rings (SSSR count). The number of hydrogen-bond donors (Lipinski definition) is 1. The lowest BCUT2D eigenvalue weighted by Crippen LogP contribution is -2.28. The van der Waals surface area contributed by atoms with Crippen molar-refractivity contribution in [3.05, 3.63) is 68.9 Å². The van der Waals surface area contributed by atoms with Crippen molar-refractivity contribution >= 4 is 39.4 Å². The van der Waals surface area contributed by atoms with Gasteiger partial charge in [-0.2, -0.15) is 0 Å². The fourth-order valence-corrected chi connectivity index (χ4v) is 2.25. The van der Waals surface area contributed by atoms with Crippen LogP contribution in [0.4, 0.5) is 4.39 Å². The summed E-state index contributed by atoms with van der Waals surface area (Å²) in [5.74, 6) is -1.80. The molecule has 0 unspecified atom stereocenters. The van der Waals surface area contributed by atoms with Crippen molar-refractivity contribution in [2.24, 2.45) is 0 Å². The molecule has 0 aliphatic rings. The van der Waals surface area contributed by atoms with E-state index in [1.807, 2.05) is 0 Å². The lowest BCUT2D eigenvalue weighted by atomic mass is 10.2. The topological polar surface area (TPSA) is 55.4 Å². The summed E-state index contributed by atoms with van der Waals surface area (Å²) in [5.41, 5.74) is 0.887. The minimum atomic E-state index is -0.780. The normalized spacial score (nSPS) is 10.2. The third-order valence-electron chi connectivity index (χ3n) is 2.89. The molecule has 23 heavy (non-hydrogen) atoms. The van der Waals surface area contributed by atoms with Crippen LogP contribution in [-0.4, -0.2) is 18.5 Å². The van der Waals surface area contributed by atoms with Crippen LogP contribution in [0.15, 0.2) is 46.9 Å². The molecular weight excluding hydrogens is 389 g/mol. The highest BCUT2D eigenvalue weighted by atomic mass is 79.9. The first kappa shape index (κ1) is 17.4. The monoisotopic (exact) mass is 399 g/mol. The van der Waals surface area contributed by atoms with Gasteiger partial charge in [-0.3, -0.25) is 4.79 Å². The van der Waals surface area contributed by atoms with E-state index in [9.17, 15) is 14.0 Å². The summed E-state index contributed by atoms with van der Waals surface area (Å²) in [5, 5.41) is 3.21. The number of benzene rings is 2. The molecule has 7 heteroatoms. The standard InChI is InChI=1S/C16H12BrClFNO3/c17-14-6-5-12(19)7-13(14)16(22)23-9-15(21)20-8-10-1-3-11(18)4-2-10/h1-7H,8-9H2,(H,20,21). The molecule has 0 atom stereocenters. The summed E-state index contributed by atoms with van der Waals surface area (Å²) in [7, 11) is 0. The molecule has 4 nitrogen and oxygen atoms in total. The second-order valence-corrected chi connectivity index (χ2v) is 5.89. The molecule has 0 aliphatic carbocycles. The van der Waals surface area contributed by atoms with E-state index in [0.29, 0.717) is 9.50 Å². The molecule has 1 amide bonds. The molecular formula is C16H12BrClFNO3. The second-order valence-electron chi connectivity index (χ2n) is 4.60. The number of halogens is 3. The highest BCUT2D eigenvalue weighted by Crippen LogP contribution is 2.18. The van der Waals surface area contributed by atoms with E-state index in [4.69, 9.17) is 16.3 Å². The Morgan fingerprint density at radius 3 is 2.57 bits per heavy atom. The average Bonchev–Trinajstić information content (AvgIpc) is 2.54. The molecule has 0 aromatic heterocycles. The van der Waals surface area contributed by atoms with Crippen LogP contribution in [0.3, 0.4) is 0 Å². The fourth-order valence-electron chi connectivity index (χ4n) is 1.72. The van der Waals surface area contributed by atoms with Crippen molar-refractivity contribution in [1.29, 1.82) is 0 Å². The number of amides is 1. The molecule has 0 radical (unpaired) electrons. The van der Waals surface area contributed by atoms with Crippen molar-refractivity contribution in [2.75, 3.05) is 6.61 Å². The summed E-state index contributed by atoms with van der Waals surface area (Å²) in [6.07, 6.45) is 0. The molecule has 0 fully saturated rings. The van der Waals surface area contributed by atoms with Gasteiger partial charge in [0.2, 0.25) is 0 Å². The number of ether oxygens (including phenoxy) is 1. The van der Waals surface area contributed by atoms with Crippen LogP contribution in [0.1, 0.15) is 15.9 Å². The fraction of sp³-hybridized carbons (Fsp3) is 0.125. The number of carbonyl (C=O) groups excluding carboxylic acids is 2. The molecule has 120 valence electrons. The quantitative estimate of drug-likeness (QED) is 0.779. The third kappa shape index (κ3) is 5.33. The number of esters is 1. The molecule has 2 aromatic carbocycles. The lowest BCUT2D eigenvalue weighted by Gasteiger charge is -2.08. The Hall–Kier alpha value is -1.92. The van der Waals surface area contributed by atoms with Gasteiger partial charge in [-0.25, -0.2) is 9.18 Å². The van der Waals surface area contributed by atoms with E-state index in [2.05, 4.69) is 21.2 Å². The zero-order valence-electron chi connectivity index (χ0n) is 11.8. The summed E-state index contributed by atoms with van der Waals surface area (Å²) >= 11 is 8.89. The zero-order valence-corrected chi connectivity index (χ0v) is 14.2. The zero-order chi connectivity index (χ0) is 16.8. The van der Waals surface area contributed by atoms with Crippen LogP contribution in [0.25, 0.3) is 0 Å². The predicted molar refractivity (Wildman–Crippen MR) is 87.7 cm³/mol. The predicted octanol–water partition coefficient (Wildman–Crippen LogP) is 3.71. The molecule has 0 aliphatic heterocycles. The summed E-state index contributed by atoms with van der Waals surface area (Å²) in [6.45, 7) is -0.160. The van der Waals surface area contributed by atoms with Crippen LogP contribution in [0.5, 0.6) is 0 Å². The van der Waals surface area contributed by atoms with E-state index in [1.54, 1.807) is 24.3 Å². The van der Waals surface area contributed by atoms with Gasteiger partial charge in [0.1, 0.15) is 5.82 Å². The largest absolute Gasteiger partial charge is 0.452 e. The van der Waals surface area contributed by atoms with E-state index in [-0.39, 0.29) is 12.1 Å². The Bertz CT molecular complexity index is 722. The molecule has 0 saturated heterocycles. The average molecular weight is 401 g/mol. The first-order chi connectivity index (χ1) is 11.0. The summed E-state index contributed by atoms with van der Waals surface area (Å²) < 4.78 is 18.4. The summed E-state index contributed by atoms with van der Waals surface area (Å²) in [4.78, 5) is 23.5. The van der Waals surface area contributed by atoms with Crippen molar-refractivity contribution in [3.8, 4) is 0 Å². The first-order valence-corrected chi connectivity index (χ1v) is 7.76. The van der Waals surface area contributed by atoms with Crippen LogP contribution in [-0.2, 0) is 16.1 Å². The molecule has 0 bridgehead atoms. The van der Waals surface area contributed by atoms with Crippen molar-refractivity contribution in [3.63, 3.8) is 0 Å². The van der Waals surface area contributed by atoms with Gasteiger partial charge in [-0.1, -0.05) is 23.7 Å². The van der Waals surface area contributed by atoms with Gasteiger partial charge in [-0.15, -0.1) is 0 Å². The van der Waals surface area contributed by atoms with Gasteiger partial charge < -0.3 is 10.1 Å². The van der Waals surface area contributed by atoms with Crippen LogP contribution in [0, 0.1) is 5.82 Å². The maximum Gasteiger partial charge on any atom is 0.339 e.